The molecule has 16 heavy (non-hydrogen) atoms. The molecule has 1 aliphatic carbocycles. The van der Waals surface area contributed by atoms with Gasteiger partial charge in [-0.25, -0.2) is 0 Å². The fraction of sp³-hybridized carbons (Fsp3) is 1.00. The van der Waals surface area contributed by atoms with Gasteiger partial charge in [-0.15, -0.1) is 0 Å². The van der Waals surface area contributed by atoms with E-state index in [1.54, 1.807) is 0 Å². The summed E-state index contributed by atoms with van der Waals surface area (Å²) in [5.41, 5.74) is 0.341. The summed E-state index contributed by atoms with van der Waals surface area (Å²) in [4.78, 5) is 2.35. The topological polar surface area (TPSA) is 35.5 Å². The fourth-order valence-corrected chi connectivity index (χ4v) is 2.00. The van der Waals surface area contributed by atoms with Gasteiger partial charge in [0.05, 0.1) is 6.61 Å². The molecule has 0 spiro atoms. The van der Waals surface area contributed by atoms with Gasteiger partial charge in [-0.2, -0.15) is 0 Å². The Kier molecular flexibility index (Phi) is 5.73. The Morgan fingerprint density at radius 2 is 2.06 bits per heavy atom. The van der Waals surface area contributed by atoms with Crippen LogP contribution in [0.2, 0.25) is 0 Å². The van der Waals surface area contributed by atoms with E-state index in [1.807, 2.05) is 0 Å². The zero-order valence-electron chi connectivity index (χ0n) is 11.1. The molecule has 96 valence electrons. The summed E-state index contributed by atoms with van der Waals surface area (Å²) in [6, 6.07) is 0.791. The fourth-order valence-electron chi connectivity index (χ4n) is 2.00. The highest BCUT2D eigenvalue weighted by Gasteiger charge is 2.28. The molecule has 1 atom stereocenters. The van der Waals surface area contributed by atoms with Gasteiger partial charge in [-0.3, -0.25) is 0 Å². The van der Waals surface area contributed by atoms with E-state index in [4.69, 9.17) is 5.11 Å². The third-order valence-electron chi connectivity index (χ3n) is 3.72. The molecular formula is C13H28N2O. The molecular weight excluding hydrogens is 200 g/mol. The lowest BCUT2D eigenvalue weighted by Crippen LogP contribution is -2.43. The van der Waals surface area contributed by atoms with Crippen molar-refractivity contribution in [1.82, 2.24) is 10.2 Å². The Labute approximate surface area is 100 Å². The van der Waals surface area contributed by atoms with Crippen molar-refractivity contribution in [3.63, 3.8) is 0 Å². The first kappa shape index (κ1) is 13.9. The van der Waals surface area contributed by atoms with Crippen LogP contribution in [0.25, 0.3) is 0 Å². The number of nitrogens with zero attached hydrogens (tertiary/aromatic N) is 1. The van der Waals surface area contributed by atoms with Crippen molar-refractivity contribution in [3.8, 4) is 0 Å². The van der Waals surface area contributed by atoms with Gasteiger partial charge in [-0.1, -0.05) is 20.8 Å². The average molecular weight is 228 g/mol. The van der Waals surface area contributed by atoms with Crippen molar-refractivity contribution in [1.29, 1.82) is 0 Å². The highest BCUT2D eigenvalue weighted by molar-refractivity contribution is 4.86. The summed E-state index contributed by atoms with van der Waals surface area (Å²) in [5.74, 6) is 0. The average Bonchev–Trinajstić information content (AvgIpc) is 3.10. The van der Waals surface area contributed by atoms with Crippen LogP contribution < -0.4 is 5.32 Å². The zero-order valence-corrected chi connectivity index (χ0v) is 11.1. The minimum atomic E-state index is 0.268. The van der Waals surface area contributed by atoms with E-state index >= 15 is 0 Å². The van der Waals surface area contributed by atoms with Crippen molar-refractivity contribution < 1.29 is 5.11 Å². The van der Waals surface area contributed by atoms with Crippen molar-refractivity contribution in [3.05, 3.63) is 0 Å². The Balaban J connectivity index is 2.35. The maximum atomic E-state index is 9.01. The largest absolute Gasteiger partial charge is 0.395 e. The summed E-state index contributed by atoms with van der Waals surface area (Å²) in [5, 5.41) is 12.6. The van der Waals surface area contributed by atoms with Crippen LogP contribution in [0.3, 0.4) is 0 Å². The molecule has 3 heteroatoms. The van der Waals surface area contributed by atoms with Crippen LogP contribution in [0, 0.1) is 5.41 Å². The van der Waals surface area contributed by atoms with Crippen molar-refractivity contribution in [2.24, 2.45) is 5.41 Å². The predicted molar refractivity (Wildman–Crippen MR) is 68.6 cm³/mol. The number of nitrogens with one attached hydrogen (secondary N) is 1. The lowest BCUT2D eigenvalue weighted by atomic mass is 9.86. The molecule has 0 radical (unpaired) electrons. The number of rotatable bonds is 9. The number of aliphatic hydroxyl groups is 1. The molecule has 0 aromatic heterocycles. The van der Waals surface area contributed by atoms with Crippen LogP contribution in [0.5, 0.6) is 0 Å². The lowest BCUT2D eigenvalue weighted by molar-refractivity contribution is 0.133. The zero-order chi connectivity index (χ0) is 12.0. The molecule has 0 heterocycles. The van der Waals surface area contributed by atoms with Crippen LogP contribution in [-0.2, 0) is 0 Å². The summed E-state index contributed by atoms with van der Waals surface area (Å²) >= 11 is 0. The van der Waals surface area contributed by atoms with Gasteiger partial charge in [0, 0.05) is 25.7 Å². The number of hydrogen-bond donors (Lipinski definition) is 2. The van der Waals surface area contributed by atoms with Crippen LogP contribution >= 0.6 is 0 Å². The normalized spacial score (nSPS) is 20.1. The Morgan fingerprint density at radius 3 is 2.50 bits per heavy atom. The number of hydrogen-bond acceptors (Lipinski definition) is 3. The highest BCUT2D eigenvalue weighted by atomic mass is 16.3. The molecule has 0 amide bonds. The minimum absolute atomic E-state index is 0.268. The second-order valence-corrected chi connectivity index (χ2v) is 5.41. The van der Waals surface area contributed by atoms with Gasteiger partial charge in [0.15, 0.2) is 0 Å². The Morgan fingerprint density at radius 1 is 1.38 bits per heavy atom. The quantitative estimate of drug-likeness (QED) is 0.627. The van der Waals surface area contributed by atoms with Crippen LogP contribution in [0.4, 0.5) is 0 Å². The van der Waals surface area contributed by atoms with E-state index in [2.05, 4.69) is 31.0 Å². The first-order valence-corrected chi connectivity index (χ1v) is 6.70. The number of likely N-dealkylation sites (N-methyl/N-ethyl adjacent to an activating group) is 1. The van der Waals surface area contributed by atoms with Gasteiger partial charge in [0.25, 0.3) is 0 Å². The van der Waals surface area contributed by atoms with E-state index < -0.39 is 0 Å². The summed E-state index contributed by atoms with van der Waals surface area (Å²) < 4.78 is 0. The summed E-state index contributed by atoms with van der Waals surface area (Å²) in [6.45, 7) is 11.1. The Bertz CT molecular complexity index is 194. The maximum absolute atomic E-state index is 9.01. The molecule has 0 saturated heterocycles. The van der Waals surface area contributed by atoms with Gasteiger partial charge in [0.1, 0.15) is 0 Å². The molecule has 1 fully saturated rings. The molecule has 1 unspecified atom stereocenters. The highest BCUT2D eigenvalue weighted by Crippen LogP contribution is 2.25. The third kappa shape index (κ3) is 4.81. The van der Waals surface area contributed by atoms with Gasteiger partial charge < -0.3 is 15.3 Å². The van der Waals surface area contributed by atoms with Gasteiger partial charge >= 0.3 is 0 Å². The van der Waals surface area contributed by atoms with E-state index in [0.717, 1.165) is 32.2 Å². The van der Waals surface area contributed by atoms with Crippen molar-refractivity contribution >= 4 is 0 Å². The third-order valence-corrected chi connectivity index (χ3v) is 3.72. The van der Waals surface area contributed by atoms with Gasteiger partial charge in [0.2, 0.25) is 0 Å². The second kappa shape index (κ2) is 6.58. The molecule has 0 aromatic carbocycles. The molecule has 1 rings (SSSR count). The summed E-state index contributed by atoms with van der Waals surface area (Å²) in [6.07, 6.45) is 3.90. The van der Waals surface area contributed by atoms with Crippen LogP contribution in [0.15, 0.2) is 0 Å². The van der Waals surface area contributed by atoms with Crippen LogP contribution in [0.1, 0.15) is 40.0 Å². The van der Waals surface area contributed by atoms with E-state index in [9.17, 15) is 0 Å². The summed E-state index contributed by atoms with van der Waals surface area (Å²) in [7, 11) is 0. The first-order valence-electron chi connectivity index (χ1n) is 6.70. The van der Waals surface area contributed by atoms with Crippen molar-refractivity contribution in [2.75, 3.05) is 32.8 Å². The van der Waals surface area contributed by atoms with E-state index in [0.29, 0.717) is 5.41 Å². The molecule has 2 N–H and O–H groups in total. The molecule has 0 bridgehead atoms. The second-order valence-electron chi connectivity index (χ2n) is 5.41. The molecule has 1 saturated carbocycles. The van der Waals surface area contributed by atoms with E-state index in [1.165, 1.54) is 19.3 Å². The van der Waals surface area contributed by atoms with Crippen molar-refractivity contribution in [2.45, 2.75) is 46.1 Å². The molecule has 1 aliphatic rings. The lowest BCUT2D eigenvalue weighted by Gasteiger charge is -2.34. The van der Waals surface area contributed by atoms with Gasteiger partial charge in [-0.05, 0) is 31.2 Å². The maximum Gasteiger partial charge on any atom is 0.0558 e. The van der Waals surface area contributed by atoms with Crippen LogP contribution in [-0.4, -0.2) is 48.8 Å². The SMILES string of the molecule is CCN(CCO)CC(C)(CC)CNC1CC1. The first-order chi connectivity index (χ1) is 7.63. The number of aliphatic hydroxyl groups excluding tert-OH is 1. The van der Waals surface area contributed by atoms with E-state index in [-0.39, 0.29) is 6.61 Å². The monoisotopic (exact) mass is 228 g/mol. The minimum Gasteiger partial charge on any atom is -0.395 e. The smallest absolute Gasteiger partial charge is 0.0558 e. The molecule has 0 aromatic rings. The molecule has 3 nitrogen and oxygen atoms in total. The standard InChI is InChI=1S/C13H28N2O/c1-4-13(3,10-14-12-6-7-12)11-15(5-2)8-9-16/h12,14,16H,4-11H2,1-3H3. The Hall–Kier alpha value is -0.120. The molecule has 0 aliphatic heterocycles. The predicted octanol–water partition coefficient (Wildman–Crippen LogP) is 1.47.